The molecule has 0 saturated heterocycles. The Morgan fingerprint density at radius 1 is 1.44 bits per heavy atom. The third kappa shape index (κ3) is 5.95. The molecule has 0 bridgehead atoms. The standard InChI is InChI=1S/C10H18F3NO2/c1-4-5-7(2)8(9(15)16-3)14-6-10(11,12)13/h7-8,14H,4-6H2,1-3H3. The van der Waals surface area contributed by atoms with Gasteiger partial charge in [-0.15, -0.1) is 0 Å². The Labute approximate surface area is 93.3 Å². The molecule has 0 radical (unpaired) electrons. The molecular weight excluding hydrogens is 223 g/mol. The first-order valence-corrected chi connectivity index (χ1v) is 5.19. The fourth-order valence-electron chi connectivity index (χ4n) is 1.49. The second-order valence-corrected chi connectivity index (χ2v) is 3.76. The Morgan fingerprint density at radius 3 is 2.38 bits per heavy atom. The van der Waals surface area contributed by atoms with Gasteiger partial charge in [0.1, 0.15) is 6.04 Å². The molecule has 0 amide bonds. The zero-order valence-corrected chi connectivity index (χ0v) is 9.73. The molecule has 1 N–H and O–H groups in total. The number of esters is 1. The summed E-state index contributed by atoms with van der Waals surface area (Å²) in [5.74, 6) is -0.829. The number of carbonyl (C=O) groups excluding carboxylic acids is 1. The minimum absolute atomic E-state index is 0.181. The summed E-state index contributed by atoms with van der Waals surface area (Å²) >= 11 is 0. The highest BCUT2D eigenvalue weighted by Gasteiger charge is 2.32. The number of nitrogens with one attached hydrogen (secondary N) is 1. The van der Waals surface area contributed by atoms with Crippen molar-refractivity contribution in [2.45, 2.75) is 38.9 Å². The molecule has 0 aliphatic rings. The van der Waals surface area contributed by atoms with Crippen LogP contribution in [0.15, 0.2) is 0 Å². The molecule has 0 rings (SSSR count). The number of carbonyl (C=O) groups is 1. The molecule has 0 aromatic carbocycles. The second kappa shape index (κ2) is 6.73. The number of ether oxygens (including phenoxy) is 1. The van der Waals surface area contributed by atoms with E-state index in [0.29, 0.717) is 6.42 Å². The normalized spacial score (nSPS) is 15.6. The lowest BCUT2D eigenvalue weighted by atomic mass is 9.97. The summed E-state index contributed by atoms with van der Waals surface area (Å²) in [6.45, 7) is 2.46. The van der Waals surface area contributed by atoms with E-state index in [-0.39, 0.29) is 5.92 Å². The van der Waals surface area contributed by atoms with E-state index < -0.39 is 24.7 Å². The van der Waals surface area contributed by atoms with Crippen molar-refractivity contribution in [3.8, 4) is 0 Å². The van der Waals surface area contributed by atoms with Gasteiger partial charge in [-0.2, -0.15) is 13.2 Å². The first-order chi connectivity index (χ1) is 7.31. The van der Waals surface area contributed by atoms with Crippen LogP contribution < -0.4 is 5.32 Å². The van der Waals surface area contributed by atoms with Gasteiger partial charge in [-0.25, -0.2) is 0 Å². The average molecular weight is 241 g/mol. The van der Waals surface area contributed by atoms with Crippen LogP contribution in [-0.2, 0) is 9.53 Å². The van der Waals surface area contributed by atoms with Gasteiger partial charge in [0.15, 0.2) is 0 Å². The zero-order valence-electron chi connectivity index (χ0n) is 9.73. The van der Waals surface area contributed by atoms with Crippen molar-refractivity contribution < 1.29 is 22.7 Å². The third-order valence-corrected chi connectivity index (χ3v) is 2.29. The number of rotatable bonds is 6. The summed E-state index contributed by atoms with van der Waals surface area (Å²) in [6.07, 6.45) is -2.84. The van der Waals surface area contributed by atoms with Gasteiger partial charge in [0.25, 0.3) is 0 Å². The Hall–Kier alpha value is -0.780. The highest BCUT2D eigenvalue weighted by molar-refractivity contribution is 5.75. The smallest absolute Gasteiger partial charge is 0.401 e. The van der Waals surface area contributed by atoms with Crippen LogP contribution >= 0.6 is 0 Å². The molecule has 96 valence electrons. The van der Waals surface area contributed by atoms with E-state index >= 15 is 0 Å². The quantitative estimate of drug-likeness (QED) is 0.724. The van der Waals surface area contributed by atoms with Crippen LogP contribution in [0.5, 0.6) is 0 Å². The van der Waals surface area contributed by atoms with E-state index in [2.05, 4.69) is 10.1 Å². The summed E-state index contributed by atoms with van der Waals surface area (Å²) in [6, 6.07) is -0.897. The maximum atomic E-state index is 12.0. The summed E-state index contributed by atoms with van der Waals surface area (Å²) < 4.78 is 40.5. The van der Waals surface area contributed by atoms with Crippen molar-refractivity contribution in [2.75, 3.05) is 13.7 Å². The van der Waals surface area contributed by atoms with E-state index in [0.717, 1.165) is 6.42 Å². The Morgan fingerprint density at radius 2 is 2.00 bits per heavy atom. The Kier molecular flexibility index (Phi) is 6.40. The van der Waals surface area contributed by atoms with E-state index in [1.54, 1.807) is 6.92 Å². The minimum Gasteiger partial charge on any atom is -0.468 e. The molecule has 6 heteroatoms. The molecule has 0 fully saturated rings. The van der Waals surface area contributed by atoms with Crippen LogP contribution in [0, 0.1) is 5.92 Å². The van der Waals surface area contributed by atoms with E-state index in [4.69, 9.17) is 0 Å². The molecule has 0 aromatic rings. The number of alkyl halides is 3. The zero-order chi connectivity index (χ0) is 12.8. The topological polar surface area (TPSA) is 38.3 Å². The van der Waals surface area contributed by atoms with Crippen molar-refractivity contribution in [1.29, 1.82) is 0 Å². The van der Waals surface area contributed by atoms with Gasteiger partial charge >= 0.3 is 12.1 Å². The fourth-order valence-corrected chi connectivity index (χ4v) is 1.49. The second-order valence-electron chi connectivity index (χ2n) is 3.76. The number of hydrogen-bond acceptors (Lipinski definition) is 3. The van der Waals surface area contributed by atoms with Crippen LogP contribution in [0.3, 0.4) is 0 Å². The van der Waals surface area contributed by atoms with Crippen LogP contribution in [0.1, 0.15) is 26.7 Å². The molecule has 2 unspecified atom stereocenters. The largest absolute Gasteiger partial charge is 0.468 e. The van der Waals surface area contributed by atoms with Crippen LogP contribution in [0.4, 0.5) is 13.2 Å². The maximum absolute atomic E-state index is 12.0. The van der Waals surface area contributed by atoms with Gasteiger partial charge in [0, 0.05) is 0 Å². The fraction of sp³-hybridized carbons (Fsp3) is 0.900. The van der Waals surface area contributed by atoms with Crippen LogP contribution in [-0.4, -0.2) is 31.8 Å². The lowest BCUT2D eigenvalue weighted by molar-refractivity contribution is -0.148. The summed E-state index contributed by atoms with van der Waals surface area (Å²) in [7, 11) is 1.17. The monoisotopic (exact) mass is 241 g/mol. The van der Waals surface area contributed by atoms with Crippen molar-refractivity contribution in [3.63, 3.8) is 0 Å². The number of hydrogen-bond donors (Lipinski definition) is 1. The van der Waals surface area contributed by atoms with Crippen molar-refractivity contribution in [3.05, 3.63) is 0 Å². The van der Waals surface area contributed by atoms with E-state index in [1.165, 1.54) is 7.11 Å². The third-order valence-electron chi connectivity index (χ3n) is 2.29. The van der Waals surface area contributed by atoms with E-state index in [9.17, 15) is 18.0 Å². The highest BCUT2D eigenvalue weighted by atomic mass is 19.4. The molecule has 3 nitrogen and oxygen atoms in total. The van der Waals surface area contributed by atoms with Gasteiger partial charge < -0.3 is 4.74 Å². The maximum Gasteiger partial charge on any atom is 0.401 e. The predicted molar refractivity (Wildman–Crippen MR) is 53.9 cm³/mol. The van der Waals surface area contributed by atoms with E-state index in [1.807, 2.05) is 6.92 Å². The van der Waals surface area contributed by atoms with Crippen molar-refractivity contribution in [2.24, 2.45) is 5.92 Å². The molecule has 0 saturated carbocycles. The molecule has 0 spiro atoms. The van der Waals surface area contributed by atoms with Crippen LogP contribution in [0.25, 0.3) is 0 Å². The van der Waals surface area contributed by atoms with Crippen molar-refractivity contribution >= 4 is 5.97 Å². The molecular formula is C10H18F3NO2. The van der Waals surface area contributed by atoms with Gasteiger partial charge in [-0.3, -0.25) is 10.1 Å². The van der Waals surface area contributed by atoms with Gasteiger partial charge in [0.05, 0.1) is 13.7 Å². The molecule has 0 aromatic heterocycles. The van der Waals surface area contributed by atoms with Crippen molar-refractivity contribution in [1.82, 2.24) is 5.32 Å². The average Bonchev–Trinajstić information content (AvgIpc) is 2.16. The first kappa shape index (κ1) is 15.2. The Bertz CT molecular complexity index is 219. The van der Waals surface area contributed by atoms with Gasteiger partial charge in [0.2, 0.25) is 0 Å². The molecule has 0 aliphatic carbocycles. The lowest BCUT2D eigenvalue weighted by Crippen LogP contribution is -2.46. The Balaban J connectivity index is 4.38. The molecule has 16 heavy (non-hydrogen) atoms. The number of halogens is 3. The molecule has 0 aliphatic heterocycles. The van der Waals surface area contributed by atoms with Gasteiger partial charge in [-0.1, -0.05) is 20.3 Å². The molecule has 2 atom stereocenters. The SMILES string of the molecule is CCCC(C)C(NCC(F)(F)F)C(=O)OC. The summed E-state index contributed by atoms with van der Waals surface area (Å²) in [5, 5.41) is 2.20. The highest BCUT2D eigenvalue weighted by Crippen LogP contribution is 2.16. The van der Waals surface area contributed by atoms with Crippen LogP contribution in [0.2, 0.25) is 0 Å². The molecule has 0 heterocycles. The summed E-state index contributed by atoms with van der Waals surface area (Å²) in [4.78, 5) is 11.3. The predicted octanol–water partition coefficient (Wildman–Crippen LogP) is 2.12. The summed E-state index contributed by atoms with van der Waals surface area (Å²) in [5.41, 5.74) is 0. The minimum atomic E-state index is -4.32. The number of methoxy groups -OCH3 is 1. The lowest BCUT2D eigenvalue weighted by Gasteiger charge is -2.23. The first-order valence-electron chi connectivity index (χ1n) is 5.19. The van der Waals surface area contributed by atoms with Gasteiger partial charge in [-0.05, 0) is 12.3 Å².